The number of nitrogens with zero attached hydrogens (tertiary/aromatic N) is 1. The van der Waals surface area contributed by atoms with Crippen LogP contribution in [0, 0.1) is 0 Å². The minimum absolute atomic E-state index is 0.240. The molecule has 1 heterocycles. The molecule has 0 bridgehead atoms. The summed E-state index contributed by atoms with van der Waals surface area (Å²) in [6.07, 6.45) is 5.80. The minimum atomic E-state index is -0.383. The van der Waals surface area contributed by atoms with Gasteiger partial charge in [-0.25, -0.2) is 4.98 Å². The maximum absolute atomic E-state index is 5.02. The zero-order chi connectivity index (χ0) is 37.8. The normalized spacial score (nSPS) is 15.5. The highest BCUT2D eigenvalue weighted by atomic mass is 14.7. The molecule has 0 amide bonds. The molecule has 11 rings (SSSR count). The topological polar surface area (TPSA) is 12.9 Å². The molecule has 1 unspecified atom stereocenters. The summed E-state index contributed by atoms with van der Waals surface area (Å²) >= 11 is 0. The molecule has 1 aromatic heterocycles. The van der Waals surface area contributed by atoms with Crippen molar-refractivity contribution in [2.45, 2.75) is 17.8 Å². The molecule has 1 nitrogen and oxygen atoms in total. The molecule has 0 saturated carbocycles. The summed E-state index contributed by atoms with van der Waals surface area (Å²) in [7, 11) is 0. The molecule has 0 spiro atoms. The van der Waals surface area contributed by atoms with Gasteiger partial charge in [-0.1, -0.05) is 200 Å². The number of hydrogen-bond acceptors (Lipinski definition) is 1. The van der Waals surface area contributed by atoms with Crippen LogP contribution in [-0.2, 0) is 5.41 Å². The Morgan fingerprint density at radius 2 is 1.09 bits per heavy atom. The predicted octanol–water partition coefficient (Wildman–Crippen LogP) is 14.2. The molecule has 0 saturated heterocycles. The summed E-state index contributed by atoms with van der Waals surface area (Å²) in [6, 6.07) is 75.6. The molecular formula is C56H39N. The van der Waals surface area contributed by atoms with Crippen molar-refractivity contribution >= 4 is 27.2 Å². The monoisotopic (exact) mass is 725 g/mol. The first kappa shape index (κ1) is 33.3. The number of rotatable bonds is 6. The Labute approximate surface area is 334 Å². The Kier molecular flexibility index (Phi) is 7.93. The van der Waals surface area contributed by atoms with E-state index in [1.54, 1.807) is 0 Å². The molecule has 0 aliphatic heterocycles. The molecular weight excluding hydrogens is 687 g/mol. The van der Waals surface area contributed by atoms with Gasteiger partial charge in [0, 0.05) is 16.9 Å². The van der Waals surface area contributed by atoms with Gasteiger partial charge < -0.3 is 0 Å². The molecule has 0 N–H and O–H groups in total. The van der Waals surface area contributed by atoms with Gasteiger partial charge in [0.05, 0.1) is 16.6 Å². The fourth-order valence-corrected chi connectivity index (χ4v) is 9.71. The Bertz CT molecular complexity index is 2970. The lowest BCUT2D eigenvalue weighted by Gasteiger charge is -2.36. The predicted molar refractivity (Wildman–Crippen MR) is 238 cm³/mol. The van der Waals surface area contributed by atoms with Crippen LogP contribution in [0.4, 0.5) is 0 Å². The van der Waals surface area contributed by atoms with Crippen molar-refractivity contribution in [1.82, 2.24) is 4.98 Å². The summed E-state index contributed by atoms with van der Waals surface area (Å²) in [5, 5.41) is 3.68. The number of allylic oxidation sites excluding steroid dienone is 4. The SMILES string of the molecule is C1=CC2=C(c3ccccc3C2(c2ccccc2)c2ccccc2)C(c2ccc3ccc(-c4ccc(-c5cc(-c6ccccc6)nc6ccccc56)cc4)cc3c2)C1. The minimum Gasteiger partial charge on any atom is -0.248 e. The average Bonchev–Trinajstić information content (AvgIpc) is 3.60. The Morgan fingerprint density at radius 1 is 0.456 bits per heavy atom. The summed E-state index contributed by atoms with van der Waals surface area (Å²) in [6.45, 7) is 0. The van der Waals surface area contributed by atoms with E-state index in [9.17, 15) is 0 Å². The molecule has 2 aliphatic carbocycles. The summed E-state index contributed by atoms with van der Waals surface area (Å²) < 4.78 is 0. The lowest BCUT2D eigenvalue weighted by atomic mass is 9.66. The van der Waals surface area contributed by atoms with Gasteiger partial charge in [-0.2, -0.15) is 0 Å². The van der Waals surface area contributed by atoms with Crippen molar-refractivity contribution in [2.75, 3.05) is 0 Å². The Hall–Kier alpha value is -7.09. The van der Waals surface area contributed by atoms with Crippen LogP contribution in [0.25, 0.3) is 60.8 Å². The largest absolute Gasteiger partial charge is 0.248 e. The van der Waals surface area contributed by atoms with Gasteiger partial charge in [0.1, 0.15) is 0 Å². The number of benzene rings is 8. The molecule has 1 heteroatoms. The number of hydrogen-bond donors (Lipinski definition) is 0. The van der Waals surface area contributed by atoms with E-state index in [2.05, 4.69) is 218 Å². The van der Waals surface area contributed by atoms with Crippen molar-refractivity contribution in [1.29, 1.82) is 0 Å². The first-order valence-electron chi connectivity index (χ1n) is 20.0. The highest BCUT2D eigenvalue weighted by Gasteiger charge is 2.48. The summed E-state index contributed by atoms with van der Waals surface area (Å²) in [5.41, 5.74) is 17.1. The van der Waals surface area contributed by atoms with Gasteiger partial charge in [-0.05, 0) is 96.6 Å². The third-order valence-electron chi connectivity index (χ3n) is 12.3. The van der Waals surface area contributed by atoms with Crippen LogP contribution in [0.5, 0.6) is 0 Å². The fraction of sp³-hybridized carbons (Fsp3) is 0.0536. The van der Waals surface area contributed by atoms with Crippen molar-refractivity contribution in [3.8, 4) is 33.5 Å². The van der Waals surface area contributed by atoms with Crippen LogP contribution in [0.2, 0.25) is 0 Å². The van der Waals surface area contributed by atoms with Crippen LogP contribution in [-0.4, -0.2) is 4.98 Å². The van der Waals surface area contributed by atoms with E-state index >= 15 is 0 Å². The Balaban J connectivity index is 0.989. The molecule has 9 aromatic rings. The third kappa shape index (κ3) is 5.42. The van der Waals surface area contributed by atoms with E-state index in [0.29, 0.717) is 0 Å². The van der Waals surface area contributed by atoms with Crippen LogP contribution in [0.15, 0.2) is 224 Å². The second-order valence-corrected chi connectivity index (χ2v) is 15.4. The van der Waals surface area contributed by atoms with Crippen LogP contribution < -0.4 is 0 Å². The zero-order valence-corrected chi connectivity index (χ0v) is 31.5. The standard InChI is InChI=1S/C56H39N/c1-4-15-41(16-5-1)54-37-50(48-21-11-13-26-53(48)57-54)40-31-27-38(28-32-40)42-33-29-39-30-34-43(36-44(39)35-42)47-23-14-25-52-55(47)49-22-10-12-24-51(49)56(52,45-17-6-2-7-18-45)46-19-8-3-9-20-46/h1-22,24-37,47H,23H2. The average molecular weight is 726 g/mol. The van der Waals surface area contributed by atoms with Crippen molar-refractivity contribution < 1.29 is 0 Å². The molecule has 1 atom stereocenters. The Morgan fingerprint density at radius 3 is 1.86 bits per heavy atom. The summed E-state index contributed by atoms with van der Waals surface area (Å²) in [4.78, 5) is 5.02. The van der Waals surface area contributed by atoms with Gasteiger partial charge >= 0.3 is 0 Å². The van der Waals surface area contributed by atoms with Crippen molar-refractivity contribution in [3.63, 3.8) is 0 Å². The second-order valence-electron chi connectivity index (χ2n) is 15.4. The second kappa shape index (κ2) is 13.6. The van der Waals surface area contributed by atoms with Crippen molar-refractivity contribution in [3.05, 3.63) is 252 Å². The number of fused-ring (bicyclic) bond motifs is 4. The summed E-state index contributed by atoms with van der Waals surface area (Å²) in [5.74, 6) is 0.240. The molecule has 8 aromatic carbocycles. The zero-order valence-electron chi connectivity index (χ0n) is 31.5. The van der Waals surface area contributed by atoms with Gasteiger partial charge in [0.2, 0.25) is 0 Å². The molecule has 57 heavy (non-hydrogen) atoms. The van der Waals surface area contributed by atoms with E-state index < -0.39 is 0 Å². The van der Waals surface area contributed by atoms with Crippen LogP contribution in [0.1, 0.15) is 40.2 Å². The number of aromatic nitrogens is 1. The molecule has 268 valence electrons. The first-order chi connectivity index (χ1) is 28.3. The smallest absolute Gasteiger partial charge is 0.0715 e. The highest BCUT2D eigenvalue weighted by Crippen LogP contribution is 2.59. The lowest BCUT2D eigenvalue weighted by Crippen LogP contribution is -2.29. The quantitative estimate of drug-likeness (QED) is 0.166. The number of pyridine rings is 1. The van der Waals surface area contributed by atoms with E-state index in [1.165, 1.54) is 72.0 Å². The maximum Gasteiger partial charge on any atom is 0.0715 e. The highest BCUT2D eigenvalue weighted by molar-refractivity contribution is 5.97. The van der Waals surface area contributed by atoms with Gasteiger partial charge in [-0.3, -0.25) is 0 Å². The fourth-order valence-electron chi connectivity index (χ4n) is 9.71. The van der Waals surface area contributed by atoms with Gasteiger partial charge in [-0.15, -0.1) is 0 Å². The molecule has 2 aliphatic rings. The van der Waals surface area contributed by atoms with Crippen molar-refractivity contribution in [2.24, 2.45) is 0 Å². The van der Waals surface area contributed by atoms with E-state index in [0.717, 1.165) is 28.6 Å². The molecule has 0 fully saturated rings. The van der Waals surface area contributed by atoms with E-state index in [1.807, 2.05) is 0 Å². The maximum atomic E-state index is 5.02. The molecule has 0 radical (unpaired) electrons. The van der Waals surface area contributed by atoms with Gasteiger partial charge in [0.25, 0.3) is 0 Å². The number of para-hydroxylation sites is 1. The van der Waals surface area contributed by atoms with E-state index in [4.69, 9.17) is 4.98 Å². The van der Waals surface area contributed by atoms with Crippen LogP contribution >= 0.6 is 0 Å². The lowest BCUT2D eigenvalue weighted by molar-refractivity contribution is 0.750. The van der Waals surface area contributed by atoms with Gasteiger partial charge in [0.15, 0.2) is 0 Å². The first-order valence-corrected chi connectivity index (χ1v) is 20.0. The van der Waals surface area contributed by atoms with E-state index in [-0.39, 0.29) is 11.3 Å². The van der Waals surface area contributed by atoms with Crippen LogP contribution in [0.3, 0.4) is 0 Å². The third-order valence-corrected chi connectivity index (χ3v) is 12.3.